The Labute approximate surface area is 184 Å². The van der Waals surface area contributed by atoms with E-state index in [1.165, 1.54) is 12.3 Å². The van der Waals surface area contributed by atoms with Crippen LogP contribution in [0, 0.1) is 17.1 Å². The molecule has 0 unspecified atom stereocenters. The van der Waals surface area contributed by atoms with E-state index in [0.29, 0.717) is 6.42 Å². The van der Waals surface area contributed by atoms with E-state index in [1.54, 1.807) is 10.9 Å². The van der Waals surface area contributed by atoms with Crippen molar-refractivity contribution in [3.63, 3.8) is 0 Å². The van der Waals surface area contributed by atoms with Gasteiger partial charge in [-0.1, -0.05) is 0 Å². The molecule has 1 N–H and O–H groups in total. The Morgan fingerprint density at radius 1 is 1.34 bits per heavy atom. The second-order valence-electron chi connectivity index (χ2n) is 7.83. The molecule has 0 aliphatic heterocycles. The zero-order valence-corrected chi connectivity index (χ0v) is 18.3. The molecule has 32 heavy (non-hydrogen) atoms. The zero-order chi connectivity index (χ0) is 22.9. The number of nitriles is 1. The van der Waals surface area contributed by atoms with Gasteiger partial charge in [-0.25, -0.2) is 22.8 Å². The molecule has 2 heterocycles. The number of hydrogen-bond acceptors (Lipinski definition) is 7. The minimum Gasteiger partial charge on any atom is -0.485 e. The van der Waals surface area contributed by atoms with Gasteiger partial charge in [-0.05, 0) is 44.4 Å². The van der Waals surface area contributed by atoms with Crippen LogP contribution in [-0.2, 0) is 17.1 Å². The standard InChI is InChI=1S/C21H21FN6O3S/c1-21(7-3-4-15(21)17-5-9-26-28(17)2)31-18-11-16(22)19(10-14(18)12-23)32(29,30)27-20-6-8-24-13-25-20/h5-6,8-11,13,15H,3-4,7H2,1-2H3,(H,24,25,27)/t15-,21-/m1/s1. The number of aryl methyl sites for hydroxylation is 1. The lowest BCUT2D eigenvalue weighted by molar-refractivity contribution is 0.0744. The molecule has 1 aliphatic carbocycles. The maximum Gasteiger partial charge on any atom is 0.266 e. The lowest BCUT2D eigenvalue weighted by Crippen LogP contribution is -2.36. The number of hydrogen-bond donors (Lipinski definition) is 1. The van der Waals surface area contributed by atoms with Crippen LogP contribution in [0.2, 0.25) is 0 Å². The van der Waals surface area contributed by atoms with Crippen LogP contribution in [0.5, 0.6) is 5.75 Å². The van der Waals surface area contributed by atoms with Crippen molar-refractivity contribution in [2.75, 3.05) is 4.72 Å². The Morgan fingerprint density at radius 2 is 2.16 bits per heavy atom. The highest BCUT2D eigenvalue weighted by Gasteiger charge is 2.43. The molecule has 4 rings (SSSR count). The summed E-state index contributed by atoms with van der Waals surface area (Å²) in [6.07, 6.45) is 6.66. The van der Waals surface area contributed by atoms with Crippen molar-refractivity contribution in [3.05, 3.63) is 60.1 Å². The lowest BCUT2D eigenvalue weighted by Gasteiger charge is -2.33. The second kappa shape index (κ2) is 8.20. The number of sulfonamides is 1. The number of anilines is 1. The molecule has 1 aliphatic rings. The molecule has 2 aromatic heterocycles. The van der Waals surface area contributed by atoms with Gasteiger partial charge in [0.1, 0.15) is 40.3 Å². The van der Waals surface area contributed by atoms with Gasteiger partial charge in [-0.2, -0.15) is 10.4 Å². The molecule has 11 heteroatoms. The molecule has 1 saturated carbocycles. The number of aromatic nitrogens is 4. The first-order valence-electron chi connectivity index (χ1n) is 9.93. The number of nitrogens with one attached hydrogen (secondary N) is 1. The Kier molecular flexibility index (Phi) is 5.56. The van der Waals surface area contributed by atoms with Crippen molar-refractivity contribution in [1.29, 1.82) is 5.26 Å². The summed E-state index contributed by atoms with van der Waals surface area (Å²) in [6.45, 7) is 1.91. The summed E-state index contributed by atoms with van der Waals surface area (Å²) in [5.41, 5.74) is 0.203. The normalized spacial score (nSPS) is 20.6. The Morgan fingerprint density at radius 3 is 2.81 bits per heavy atom. The highest BCUT2D eigenvalue weighted by molar-refractivity contribution is 7.92. The molecule has 0 amide bonds. The van der Waals surface area contributed by atoms with E-state index in [-0.39, 0.29) is 23.0 Å². The van der Waals surface area contributed by atoms with Gasteiger partial charge < -0.3 is 4.74 Å². The van der Waals surface area contributed by atoms with Crippen molar-refractivity contribution in [2.24, 2.45) is 7.05 Å². The molecular formula is C21H21FN6O3S. The third-order valence-electron chi connectivity index (χ3n) is 5.73. The summed E-state index contributed by atoms with van der Waals surface area (Å²) in [5, 5.41) is 13.9. The van der Waals surface area contributed by atoms with Crippen LogP contribution in [0.15, 0.2) is 47.9 Å². The molecule has 0 radical (unpaired) electrons. The second-order valence-corrected chi connectivity index (χ2v) is 9.48. The molecule has 2 atom stereocenters. The van der Waals surface area contributed by atoms with Gasteiger partial charge in [0.05, 0.1) is 5.56 Å². The van der Waals surface area contributed by atoms with Crippen molar-refractivity contribution in [1.82, 2.24) is 19.7 Å². The number of rotatable bonds is 6. The van der Waals surface area contributed by atoms with Gasteiger partial charge in [-0.3, -0.25) is 9.40 Å². The summed E-state index contributed by atoms with van der Waals surface area (Å²) < 4.78 is 50.5. The molecule has 166 valence electrons. The maximum absolute atomic E-state index is 14.9. The summed E-state index contributed by atoms with van der Waals surface area (Å²) in [6, 6.07) is 7.10. The third-order valence-corrected chi connectivity index (χ3v) is 7.10. The SMILES string of the molecule is Cn1nccc1[C@H]1CCC[C@@]1(C)Oc1cc(F)c(S(=O)(=O)Nc2ccncn2)cc1C#N. The van der Waals surface area contributed by atoms with Gasteiger partial charge in [0.25, 0.3) is 10.0 Å². The first kappa shape index (κ1) is 21.7. The van der Waals surface area contributed by atoms with Gasteiger partial charge in [0.15, 0.2) is 0 Å². The maximum atomic E-state index is 14.9. The van der Waals surface area contributed by atoms with Gasteiger partial charge >= 0.3 is 0 Å². The van der Waals surface area contributed by atoms with E-state index in [0.717, 1.165) is 37.0 Å². The van der Waals surface area contributed by atoms with Crippen LogP contribution >= 0.6 is 0 Å². The highest BCUT2D eigenvalue weighted by Crippen LogP contribution is 2.46. The Hall–Kier alpha value is -3.52. The van der Waals surface area contributed by atoms with Gasteiger partial charge in [0, 0.05) is 37.1 Å². The lowest BCUT2D eigenvalue weighted by atomic mass is 9.89. The average molecular weight is 457 g/mol. The fraction of sp³-hybridized carbons (Fsp3) is 0.333. The van der Waals surface area contributed by atoms with Gasteiger partial charge in [-0.15, -0.1) is 0 Å². The van der Waals surface area contributed by atoms with Crippen LogP contribution < -0.4 is 9.46 Å². The van der Waals surface area contributed by atoms with Crippen LogP contribution in [0.1, 0.15) is 43.4 Å². The third kappa shape index (κ3) is 4.01. The Balaban J connectivity index is 1.67. The smallest absolute Gasteiger partial charge is 0.266 e. The summed E-state index contributed by atoms with van der Waals surface area (Å²) >= 11 is 0. The van der Waals surface area contributed by atoms with E-state index < -0.39 is 26.3 Å². The molecule has 0 spiro atoms. The summed E-state index contributed by atoms with van der Waals surface area (Å²) in [5.74, 6) is -1.05. The van der Waals surface area contributed by atoms with E-state index in [9.17, 15) is 18.1 Å². The first-order chi connectivity index (χ1) is 15.2. The largest absolute Gasteiger partial charge is 0.485 e. The minimum absolute atomic E-state index is 0.00237. The topological polar surface area (TPSA) is 123 Å². The monoisotopic (exact) mass is 456 g/mol. The molecular weight excluding hydrogens is 435 g/mol. The molecule has 3 aromatic rings. The number of ether oxygens (including phenoxy) is 1. The average Bonchev–Trinajstić information content (AvgIpc) is 3.33. The van der Waals surface area contributed by atoms with E-state index >= 15 is 0 Å². The van der Waals surface area contributed by atoms with E-state index in [1.807, 2.05) is 26.1 Å². The summed E-state index contributed by atoms with van der Waals surface area (Å²) in [4.78, 5) is 6.81. The predicted molar refractivity (Wildman–Crippen MR) is 113 cm³/mol. The number of benzene rings is 1. The van der Waals surface area contributed by atoms with E-state index in [2.05, 4.69) is 19.8 Å². The van der Waals surface area contributed by atoms with E-state index in [4.69, 9.17) is 4.74 Å². The number of nitrogens with zero attached hydrogens (tertiary/aromatic N) is 5. The van der Waals surface area contributed by atoms with Gasteiger partial charge in [0.2, 0.25) is 0 Å². The first-order valence-corrected chi connectivity index (χ1v) is 11.4. The van der Waals surface area contributed by atoms with Crippen LogP contribution in [0.4, 0.5) is 10.2 Å². The number of halogens is 1. The molecule has 0 saturated heterocycles. The van der Waals surface area contributed by atoms with Crippen molar-refractivity contribution >= 4 is 15.8 Å². The predicted octanol–water partition coefficient (Wildman–Crippen LogP) is 3.13. The molecule has 1 fully saturated rings. The zero-order valence-electron chi connectivity index (χ0n) is 17.5. The highest BCUT2D eigenvalue weighted by atomic mass is 32.2. The van der Waals surface area contributed by atoms with Crippen LogP contribution in [0.25, 0.3) is 0 Å². The molecule has 0 bridgehead atoms. The fourth-order valence-electron chi connectivity index (χ4n) is 4.15. The summed E-state index contributed by atoms with van der Waals surface area (Å²) in [7, 11) is -2.48. The fourth-order valence-corrected chi connectivity index (χ4v) is 5.25. The van der Waals surface area contributed by atoms with Crippen molar-refractivity contribution in [3.8, 4) is 11.8 Å². The minimum atomic E-state index is -4.32. The quantitative estimate of drug-likeness (QED) is 0.604. The molecule has 1 aromatic carbocycles. The van der Waals surface area contributed by atoms with Crippen LogP contribution in [-0.4, -0.2) is 33.8 Å². The van der Waals surface area contributed by atoms with Crippen molar-refractivity contribution < 1.29 is 17.5 Å². The molecule has 9 nitrogen and oxygen atoms in total. The Bertz CT molecular complexity index is 1290. The van der Waals surface area contributed by atoms with Crippen LogP contribution in [0.3, 0.4) is 0 Å². The van der Waals surface area contributed by atoms with Crippen molar-refractivity contribution in [2.45, 2.75) is 42.6 Å².